The van der Waals surface area contributed by atoms with Crippen LogP contribution < -0.4 is 0 Å². The number of hydrogen-bond acceptors (Lipinski definition) is 2. The first-order valence-corrected chi connectivity index (χ1v) is 6.74. The highest BCUT2D eigenvalue weighted by Crippen LogP contribution is 2.42. The molecule has 1 aromatic rings. The van der Waals surface area contributed by atoms with Crippen LogP contribution in [0.25, 0.3) is 0 Å². The summed E-state index contributed by atoms with van der Waals surface area (Å²) in [6.45, 7) is 4.93. The van der Waals surface area contributed by atoms with E-state index in [1.54, 1.807) is 11.3 Å². The predicted molar refractivity (Wildman–Crippen MR) is 66.2 cm³/mol. The van der Waals surface area contributed by atoms with E-state index < -0.39 is 0 Å². The van der Waals surface area contributed by atoms with Crippen molar-refractivity contribution in [3.05, 3.63) is 20.8 Å². The maximum Gasteiger partial charge on any atom is 0.0960 e. The summed E-state index contributed by atoms with van der Waals surface area (Å²) in [6, 6.07) is 2.09. The number of ether oxygens (including phenoxy) is 1. The fourth-order valence-electron chi connectivity index (χ4n) is 1.96. The van der Waals surface area contributed by atoms with E-state index in [2.05, 4.69) is 13.0 Å². The molecule has 0 amide bonds. The number of rotatable bonds is 2. The fourth-order valence-corrected chi connectivity index (χ4v) is 3.76. The Morgan fingerprint density at radius 3 is 2.80 bits per heavy atom. The van der Waals surface area contributed by atoms with Crippen LogP contribution in [0.3, 0.4) is 0 Å². The Hall–Kier alpha value is 0.240. The smallest absolute Gasteiger partial charge is 0.0960 e. The SMILES string of the molecule is Cc1cc(C(Cl)C2CCOC2C)sc1Cl. The Kier molecular flexibility index (Phi) is 3.61. The molecule has 1 nitrogen and oxygen atoms in total. The van der Waals surface area contributed by atoms with Crippen molar-refractivity contribution in [3.63, 3.8) is 0 Å². The molecule has 1 aliphatic heterocycles. The van der Waals surface area contributed by atoms with Crippen LogP contribution in [0, 0.1) is 12.8 Å². The van der Waals surface area contributed by atoms with Crippen LogP contribution in [-0.4, -0.2) is 12.7 Å². The second-order valence-electron chi connectivity index (χ2n) is 4.04. The van der Waals surface area contributed by atoms with Crippen molar-refractivity contribution in [2.45, 2.75) is 31.7 Å². The summed E-state index contributed by atoms with van der Waals surface area (Å²) in [7, 11) is 0. The highest BCUT2D eigenvalue weighted by atomic mass is 35.5. The number of alkyl halides is 1. The van der Waals surface area contributed by atoms with Crippen LogP contribution in [-0.2, 0) is 4.74 Å². The summed E-state index contributed by atoms with van der Waals surface area (Å²) in [5.41, 5.74) is 1.12. The van der Waals surface area contributed by atoms with E-state index in [4.69, 9.17) is 27.9 Å². The summed E-state index contributed by atoms with van der Waals surface area (Å²) in [4.78, 5) is 1.17. The number of aryl methyl sites for hydroxylation is 1. The average Bonchev–Trinajstić information content (AvgIpc) is 2.74. The van der Waals surface area contributed by atoms with Gasteiger partial charge in [0.15, 0.2) is 0 Å². The van der Waals surface area contributed by atoms with E-state index in [9.17, 15) is 0 Å². The minimum atomic E-state index is 0.0405. The van der Waals surface area contributed by atoms with Gasteiger partial charge in [-0.2, -0.15) is 0 Å². The van der Waals surface area contributed by atoms with Crippen LogP contribution in [0.4, 0.5) is 0 Å². The molecule has 4 heteroatoms. The van der Waals surface area contributed by atoms with Crippen molar-refractivity contribution in [2.75, 3.05) is 6.61 Å². The Labute approximate surface area is 104 Å². The van der Waals surface area contributed by atoms with E-state index in [1.807, 2.05) is 6.92 Å². The van der Waals surface area contributed by atoms with Gasteiger partial charge in [0, 0.05) is 17.4 Å². The minimum Gasteiger partial charge on any atom is -0.378 e. The van der Waals surface area contributed by atoms with Gasteiger partial charge in [-0.05, 0) is 31.9 Å². The van der Waals surface area contributed by atoms with Gasteiger partial charge in [-0.25, -0.2) is 0 Å². The summed E-state index contributed by atoms with van der Waals surface area (Å²) < 4.78 is 6.38. The molecule has 2 rings (SSSR count). The number of thiophene rings is 1. The first-order chi connectivity index (χ1) is 7.09. The van der Waals surface area contributed by atoms with Gasteiger partial charge in [0.1, 0.15) is 0 Å². The van der Waals surface area contributed by atoms with Crippen LogP contribution >= 0.6 is 34.5 Å². The summed E-state index contributed by atoms with van der Waals surface area (Å²) in [5, 5.41) is 0.0405. The van der Waals surface area contributed by atoms with Gasteiger partial charge in [-0.3, -0.25) is 0 Å². The maximum atomic E-state index is 6.46. The van der Waals surface area contributed by atoms with Crippen molar-refractivity contribution >= 4 is 34.5 Å². The Balaban J connectivity index is 2.16. The van der Waals surface area contributed by atoms with E-state index in [1.165, 1.54) is 4.88 Å². The van der Waals surface area contributed by atoms with Crippen molar-refractivity contribution in [2.24, 2.45) is 5.92 Å². The lowest BCUT2D eigenvalue weighted by atomic mass is 9.97. The van der Waals surface area contributed by atoms with Gasteiger partial charge < -0.3 is 4.74 Å². The first kappa shape index (κ1) is 11.7. The molecule has 1 fully saturated rings. The predicted octanol–water partition coefficient (Wildman–Crippen LogP) is 4.41. The number of hydrogen-bond donors (Lipinski definition) is 0. The van der Waals surface area contributed by atoms with E-state index >= 15 is 0 Å². The topological polar surface area (TPSA) is 9.23 Å². The van der Waals surface area contributed by atoms with Gasteiger partial charge in [0.05, 0.1) is 15.8 Å². The monoisotopic (exact) mass is 264 g/mol. The zero-order valence-corrected chi connectivity index (χ0v) is 11.1. The van der Waals surface area contributed by atoms with Crippen molar-refractivity contribution < 1.29 is 4.74 Å². The molecule has 0 N–H and O–H groups in total. The molecule has 2 heterocycles. The minimum absolute atomic E-state index is 0.0405. The molecule has 1 aromatic heterocycles. The van der Waals surface area contributed by atoms with E-state index in [0.29, 0.717) is 5.92 Å². The quantitative estimate of drug-likeness (QED) is 0.719. The largest absolute Gasteiger partial charge is 0.378 e. The molecule has 0 aliphatic carbocycles. The third-order valence-electron chi connectivity index (χ3n) is 2.96. The van der Waals surface area contributed by atoms with Crippen molar-refractivity contribution in [3.8, 4) is 0 Å². The van der Waals surface area contributed by atoms with Gasteiger partial charge in [0.2, 0.25) is 0 Å². The molecule has 0 radical (unpaired) electrons. The van der Waals surface area contributed by atoms with Gasteiger partial charge in [-0.15, -0.1) is 22.9 Å². The molecule has 0 bridgehead atoms. The molecule has 1 aliphatic rings. The van der Waals surface area contributed by atoms with E-state index in [0.717, 1.165) is 22.9 Å². The molecule has 84 valence electrons. The Morgan fingerprint density at radius 1 is 1.60 bits per heavy atom. The fraction of sp³-hybridized carbons (Fsp3) is 0.636. The first-order valence-electron chi connectivity index (χ1n) is 5.11. The Bertz CT molecular complexity index is 331. The molecule has 1 saturated heterocycles. The standard InChI is InChI=1S/C11H14Cl2OS/c1-6-5-9(15-11(6)13)10(12)8-3-4-14-7(8)2/h5,7-8,10H,3-4H2,1-2H3. The molecule has 0 saturated carbocycles. The van der Waals surface area contributed by atoms with Crippen molar-refractivity contribution in [1.29, 1.82) is 0 Å². The van der Waals surface area contributed by atoms with E-state index in [-0.39, 0.29) is 11.5 Å². The average molecular weight is 265 g/mol. The summed E-state index contributed by atoms with van der Waals surface area (Å²) >= 11 is 14.1. The van der Waals surface area contributed by atoms with Gasteiger partial charge in [-0.1, -0.05) is 11.6 Å². The maximum absolute atomic E-state index is 6.46. The second-order valence-corrected chi connectivity index (χ2v) is 6.19. The number of halogens is 2. The summed E-state index contributed by atoms with van der Waals surface area (Å²) in [6.07, 6.45) is 1.30. The second kappa shape index (κ2) is 4.62. The van der Waals surface area contributed by atoms with Crippen LogP contribution in [0.5, 0.6) is 0 Å². The zero-order chi connectivity index (χ0) is 11.0. The molecule has 3 unspecified atom stereocenters. The van der Waals surface area contributed by atoms with Crippen LogP contribution in [0.1, 0.15) is 29.2 Å². The third kappa shape index (κ3) is 2.33. The zero-order valence-electron chi connectivity index (χ0n) is 8.80. The van der Waals surface area contributed by atoms with Crippen LogP contribution in [0.15, 0.2) is 6.07 Å². The molecule has 3 atom stereocenters. The molecular weight excluding hydrogens is 251 g/mol. The Morgan fingerprint density at radius 2 is 2.33 bits per heavy atom. The lowest BCUT2D eigenvalue weighted by Gasteiger charge is -2.18. The molecular formula is C11H14Cl2OS. The van der Waals surface area contributed by atoms with Gasteiger partial charge >= 0.3 is 0 Å². The third-order valence-corrected chi connectivity index (χ3v) is 5.29. The van der Waals surface area contributed by atoms with Crippen LogP contribution in [0.2, 0.25) is 4.34 Å². The summed E-state index contributed by atoms with van der Waals surface area (Å²) in [5.74, 6) is 0.417. The highest BCUT2D eigenvalue weighted by Gasteiger charge is 2.32. The van der Waals surface area contributed by atoms with Gasteiger partial charge in [0.25, 0.3) is 0 Å². The lowest BCUT2D eigenvalue weighted by molar-refractivity contribution is 0.105. The normalized spacial score (nSPS) is 28.3. The molecule has 0 spiro atoms. The lowest BCUT2D eigenvalue weighted by Crippen LogP contribution is -2.15. The van der Waals surface area contributed by atoms with Crippen molar-refractivity contribution in [1.82, 2.24) is 0 Å². The highest BCUT2D eigenvalue weighted by molar-refractivity contribution is 7.16. The molecule has 15 heavy (non-hydrogen) atoms. The molecule has 0 aromatic carbocycles.